The molecule has 3 rings (SSSR count). The molecule has 1 atom stereocenters. The van der Waals surface area contributed by atoms with Crippen LogP contribution in [0.4, 0.5) is 0 Å². The lowest BCUT2D eigenvalue weighted by molar-refractivity contribution is -0.128. The molecule has 1 aromatic rings. The predicted octanol–water partition coefficient (Wildman–Crippen LogP) is 0.924. The first-order chi connectivity index (χ1) is 9.91. The summed E-state index contributed by atoms with van der Waals surface area (Å²) in [5.41, 5.74) is -0.671. The smallest absolute Gasteiger partial charge is 0.257 e. The van der Waals surface area contributed by atoms with Gasteiger partial charge in [-0.1, -0.05) is 11.6 Å². The van der Waals surface area contributed by atoms with Crippen molar-refractivity contribution in [1.29, 1.82) is 0 Å². The van der Waals surface area contributed by atoms with E-state index in [9.17, 15) is 19.5 Å². The van der Waals surface area contributed by atoms with Crippen LogP contribution in [-0.4, -0.2) is 40.8 Å². The van der Waals surface area contributed by atoms with E-state index in [2.05, 4.69) is 5.32 Å². The molecule has 6 nitrogen and oxygen atoms in total. The zero-order chi connectivity index (χ0) is 15.2. The Bertz CT molecular complexity index is 660. The number of carbonyl (C=O) groups excluding carboxylic acids is 3. The standard InChI is InChI=1S/C14H13ClN2O4/c15-8-1-2-9(10(18)5-8)12(20)17-4-3-14(7-17)6-11(19)16-13(14)21/h1-2,5,18H,3-4,6-7H2,(H,16,19,21)/t14-/m0/s1. The first kappa shape index (κ1) is 13.9. The van der Waals surface area contributed by atoms with Crippen molar-refractivity contribution in [2.24, 2.45) is 5.41 Å². The molecule has 3 amide bonds. The minimum Gasteiger partial charge on any atom is -0.507 e. The molecule has 0 radical (unpaired) electrons. The summed E-state index contributed by atoms with van der Waals surface area (Å²) in [4.78, 5) is 37.2. The van der Waals surface area contributed by atoms with Crippen molar-refractivity contribution in [3.63, 3.8) is 0 Å². The largest absolute Gasteiger partial charge is 0.507 e. The van der Waals surface area contributed by atoms with Crippen LogP contribution in [0.2, 0.25) is 5.02 Å². The molecule has 2 fully saturated rings. The van der Waals surface area contributed by atoms with Crippen LogP contribution in [0, 0.1) is 5.41 Å². The molecule has 0 aromatic heterocycles. The molecule has 7 heteroatoms. The predicted molar refractivity (Wildman–Crippen MR) is 73.8 cm³/mol. The minimum atomic E-state index is -0.811. The fourth-order valence-electron chi connectivity index (χ4n) is 2.92. The van der Waals surface area contributed by atoms with Crippen molar-refractivity contribution >= 4 is 29.3 Å². The summed E-state index contributed by atoms with van der Waals surface area (Å²) in [5, 5.41) is 12.4. The molecular formula is C14H13ClN2O4. The van der Waals surface area contributed by atoms with E-state index in [-0.39, 0.29) is 42.0 Å². The monoisotopic (exact) mass is 308 g/mol. The van der Waals surface area contributed by atoms with E-state index < -0.39 is 5.41 Å². The molecule has 2 heterocycles. The molecule has 2 saturated heterocycles. The summed E-state index contributed by atoms with van der Waals surface area (Å²) in [5.74, 6) is -1.18. The lowest BCUT2D eigenvalue weighted by Gasteiger charge is -2.20. The molecule has 21 heavy (non-hydrogen) atoms. The van der Waals surface area contributed by atoms with E-state index in [1.54, 1.807) is 0 Å². The number of nitrogens with one attached hydrogen (secondary N) is 1. The van der Waals surface area contributed by atoms with Crippen molar-refractivity contribution in [3.05, 3.63) is 28.8 Å². The number of nitrogens with zero attached hydrogens (tertiary/aromatic N) is 1. The van der Waals surface area contributed by atoms with Crippen LogP contribution in [0.1, 0.15) is 23.2 Å². The third kappa shape index (κ3) is 2.25. The van der Waals surface area contributed by atoms with Gasteiger partial charge in [0.15, 0.2) is 0 Å². The number of aromatic hydroxyl groups is 1. The van der Waals surface area contributed by atoms with Gasteiger partial charge in [-0.05, 0) is 24.6 Å². The maximum absolute atomic E-state index is 12.4. The van der Waals surface area contributed by atoms with Gasteiger partial charge in [-0.15, -0.1) is 0 Å². The van der Waals surface area contributed by atoms with Crippen LogP contribution in [0.5, 0.6) is 5.75 Å². The van der Waals surface area contributed by atoms with Crippen LogP contribution in [0.3, 0.4) is 0 Å². The van der Waals surface area contributed by atoms with Crippen molar-refractivity contribution in [2.75, 3.05) is 13.1 Å². The van der Waals surface area contributed by atoms with E-state index >= 15 is 0 Å². The molecule has 1 aromatic carbocycles. The van der Waals surface area contributed by atoms with Crippen LogP contribution in [0.25, 0.3) is 0 Å². The van der Waals surface area contributed by atoms with Gasteiger partial charge in [0, 0.05) is 24.5 Å². The van der Waals surface area contributed by atoms with Crippen molar-refractivity contribution in [2.45, 2.75) is 12.8 Å². The zero-order valence-electron chi connectivity index (χ0n) is 11.1. The Morgan fingerprint density at radius 2 is 2.14 bits per heavy atom. The Morgan fingerprint density at radius 1 is 1.38 bits per heavy atom. The quantitative estimate of drug-likeness (QED) is 0.755. The Kier molecular flexibility index (Phi) is 3.13. The summed E-state index contributed by atoms with van der Waals surface area (Å²) in [6, 6.07) is 4.27. The number of amides is 3. The molecule has 2 aliphatic rings. The molecule has 2 N–H and O–H groups in total. The number of likely N-dealkylation sites (tertiary alicyclic amines) is 1. The highest BCUT2D eigenvalue weighted by atomic mass is 35.5. The molecule has 0 aliphatic carbocycles. The number of phenols is 1. The van der Waals surface area contributed by atoms with Gasteiger partial charge in [0.2, 0.25) is 11.8 Å². The highest BCUT2D eigenvalue weighted by Crippen LogP contribution is 2.38. The van der Waals surface area contributed by atoms with Crippen LogP contribution in [0.15, 0.2) is 18.2 Å². The second kappa shape index (κ2) is 4.73. The number of carbonyl (C=O) groups is 3. The Hall–Kier alpha value is -2.08. The number of imide groups is 1. The fourth-order valence-corrected chi connectivity index (χ4v) is 3.09. The number of hydrogen-bond acceptors (Lipinski definition) is 4. The first-order valence-electron chi connectivity index (χ1n) is 6.53. The Morgan fingerprint density at radius 3 is 2.76 bits per heavy atom. The molecule has 0 bridgehead atoms. The maximum Gasteiger partial charge on any atom is 0.257 e. The summed E-state index contributed by atoms with van der Waals surface area (Å²) >= 11 is 5.74. The number of halogens is 1. The number of hydrogen-bond donors (Lipinski definition) is 2. The fraction of sp³-hybridized carbons (Fsp3) is 0.357. The minimum absolute atomic E-state index is 0.113. The maximum atomic E-state index is 12.4. The lowest BCUT2D eigenvalue weighted by Crippen LogP contribution is -2.36. The van der Waals surface area contributed by atoms with Gasteiger partial charge in [-0.25, -0.2) is 0 Å². The van der Waals surface area contributed by atoms with Gasteiger partial charge in [0.1, 0.15) is 5.75 Å². The molecular weight excluding hydrogens is 296 g/mol. The third-order valence-electron chi connectivity index (χ3n) is 4.06. The molecule has 1 spiro atoms. The summed E-state index contributed by atoms with van der Waals surface area (Å²) < 4.78 is 0. The molecule has 0 unspecified atom stereocenters. The van der Waals surface area contributed by atoms with Gasteiger partial charge in [-0.3, -0.25) is 19.7 Å². The van der Waals surface area contributed by atoms with E-state index in [4.69, 9.17) is 11.6 Å². The average molecular weight is 309 g/mol. The van der Waals surface area contributed by atoms with Crippen molar-refractivity contribution < 1.29 is 19.5 Å². The van der Waals surface area contributed by atoms with Gasteiger partial charge < -0.3 is 10.0 Å². The van der Waals surface area contributed by atoms with Crippen LogP contribution in [-0.2, 0) is 9.59 Å². The molecule has 2 aliphatic heterocycles. The number of phenolic OH excluding ortho intramolecular Hbond substituents is 1. The summed E-state index contributed by atoms with van der Waals surface area (Å²) in [7, 11) is 0. The van der Waals surface area contributed by atoms with Crippen molar-refractivity contribution in [1.82, 2.24) is 10.2 Å². The highest BCUT2D eigenvalue weighted by molar-refractivity contribution is 6.30. The van der Waals surface area contributed by atoms with E-state index in [1.807, 2.05) is 0 Å². The van der Waals surface area contributed by atoms with E-state index in [1.165, 1.54) is 23.1 Å². The van der Waals surface area contributed by atoms with Gasteiger partial charge >= 0.3 is 0 Å². The second-order valence-electron chi connectivity index (χ2n) is 5.47. The van der Waals surface area contributed by atoms with Crippen LogP contribution < -0.4 is 5.32 Å². The SMILES string of the molecule is O=C1C[C@]2(CCN(C(=O)c3ccc(Cl)cc3O)C2)C(=O)N1. The number of rotatable bonds is 1. The second-order valence-corrected chi connectivity index (χ2v) is 5.91. The Balaban J connectivity index is 1.82. The van der Waals surface area contributed by atoms with Crippen LogP contribution >= 0.6 is 11.6 Å². The van der Waals surface area contributed by atoms with E-state index in [0.29, 0.717) is 18.0 Å². The van der Waals surface area contributed by atoms with Gasteiger partial charge in [-0.2, -0.15) is 0 Å². The third-order valence-corrected chi connectivity index (χ3v) is 4.30. The summed E-state index contributed by atoms with van der Waals surface area (Å²) in [6.45, 7) is 0.563. The Labute approximate surface area is 125 Å². The van der Waals surface area contributed by atoms with Gasteiger partial charge in [0.25, 0.3) is 5.91 Å². The lowest BCUT2D eigenvalue weighted by atomic mass is 9.85. The number of benzene rings is 1. The normalized spacial score (nSPS) is 24.7. The molecule has 110 valence electrons. The summed E-state index contributed by atoms with van der Waals surface area (Å²) in [6.07, 6.45) is 0.562. The van der Waals surface area contributed by atoms with Crippen molar-refractivity contribution in [3.8, 4) is 5.75 Å². The van der Waals surface area contributed by atoms with E-state index in [0.717, 1.165) is 0 Å². The highest BCUT2D eigenvalue weighted by Gasteiger charge is 2.51. The first-order valence-corrected chi connectivity index (χ1v) is 6.91. The average Bonchev–Trinajstić information content (AvgIpc) is 2.94. The molecule has 0 saturated carbocycles. The topological polar surface area (TPSA) is 86.7 Å². The van der Waals surface area contributed by atoms with Gasteiger partial charge in [0.05, 0.1) is 11.0 Å². The zero-order valence-corrected chi connectivity index (χ0v) is 11.8.